The fourth-order valence-corrected chi connectivity index (χ4v) is 1.48. The van der Waals surface area contributed by atoms with Crippen molar-refractivity contribution in [1.82, 2.24) is 0 Å². The zero-order valence-corrected chi connectivity index (χ0v) is 8.86. The Morgan fingerprint density at radius 3 is 2.57 bits per heavy atom. The first-order valence-electron chi connectivity index (χ1n) is 3.78. The minimum absolute atomic E-state index is 0.0349. The molecule has 14 heavy (non-hydrogen) atoms. The number of carbonyl (C=O) groups is 1. The van der Waals surface area contributed by atoms with Gasteiger partial charge in [-0.1, -0.05) is 0 Å². The van der Waals surface area contributed by atoms with Crippen LogP contribution in [-0.2, 0) is 11.2 Å². The van der Waals surface area contributed by atoms with Gasteiger partial charge in [0.1, 0.15) is 5.78 Å². The summed E-state index contributed by atoms with van der Waals surface area (Å²) in [6.45, 7) is 1.28. The van der Waals surface area contributed by atoms with Crippen molar-refractivity contribution in [3.05, 3.63) is 27.7 Å². The number of Topliss-reactive ketones (excluding diaryl/α,β-unsaturated/α-hetero) is 1. The third-order valence-corrected chi connectivity index (χ3v) is 2.25. The Kier molecular flexibility index (Phi) is 3.21. The Bertz CT molecular complexity index is 391. The molecule has 0 amide bonds. The number of benzene rings is 1. The Morgan fingerprint density at radius 1 is 1.50 bits per heavy atom. The van der Waals surface area contributed by atoms with Gasteiger partial charge < -0.3 is 5.11 Å². The molecule has 1 aromatic rings. The number of ketones is 1. The third-order valence-electron chi connectivity index (χ3n) is 1.65. The number of carbonyl (C=O) groups excluding carboxylic acids is 1. The normalized spacial score (nSPS) is 10.3. The summed E-state index contributed by atoms with van der Waals surface area (Å²) in [5.74, 6) is -3.58. The highest BCUT2D eigenvalue weighted by atomic mass is 79.9. The van der Waals surface area contributed by atoms with Gasteiger partial charge in [-0.15, -0.1) is 0 Å². The molecule has 0 aromatic heterocycles. The van der Waals surface area contributed by atoms with Crippen LogP contribution in [0.5, 0.6) is 5.75 Å². The topological polar surface area (TPSA) is 37.3 Å². The average molecular weight is 265 g/mol. The molecule has 5 heteroatoms. The van der Waals surface area contributed by atoms with E-state index >= 15 is 0 Å². The van der Waals surface area contributed by atoms with Gasteiger partial charge in [-0.3, -0.25) is 4.79 Å². The van der Waals surface area contributed by atoms with E-state index in [1.165, 1.54) is 13.0 Å². The molecule has 76 valence electrons. The van der Waals surface area contributed by atoms with Gasteiger partial charge in [-0.2, -0.15) is 4.39 Å². The molecule has 0 unspecified atom stereocenters. The van der Waals surface area contributed by atoms with Gasteiger partial charge in [0.05, 0.1) is 4.47 Å². The number of aromatic hydroxyl groups is 1. The maximum Gasteiger partial charge on any atom is 0.201 e. The highest BCUT2D eigenvalue weighted by Gasteiger charge is 2.17. The molecule has 0 atom stereocenters. The van der Waals surface area contributed by atoms with Crippen molar-refractivity contribution in [2.24, 2.45) is 0 Å². The number of rotatable bonds is 2. The summed E-state index contributed by atoms with van der Waals surface area (Å²) >= 11 is 2.85. The lowest BCUT2D eigenvalue weighted by atomic mass is 10.1. The molecule has 0 saturated heterocycles. The molecule has 1 aromatic carbocycles. The number of phenols is 1. The van der Waals surface area contributed by atoms with Gasteiger partial charge in [0.25, 0.3) is 0 Å². The van der Waals surface area contributed by atoms with Crippen LogP contribution in [0, 0.1) is 11.6 Å². The number of phenolic OH excluding ortho intramolecular Hbond substituents is 1. The van der Waals surface area contributed by atoms with E-state index in [-0.39, 0.29) is 22.2 Å². The standard InChI is InChI=1S/C9H7BrF2O2/c1-4(13)2-5-3-6(10)9(14)8(12)7(5)11/h3,14H,2H2,1H3. The molecule has 0 spiro atoms. The van der Waals surface area contributed by atoms with Gasteiger partial charge in [0.2, 0.25) is 5.82 Å². The molecule has 0 aliphatic carbocycles. The average Bonchev–Trinajstić information content (AvgIpc) is 2.10. The Hall–Kier alpha value is -0.970. The lowest BCUT2D eigenvalue weighted by Crippen LogP contribution is -2.02. The van der Waals surface area contributed by atoms with Gasteiger partial charge in [-0.25, -0.2) is 4.39 Å². The first kappa shape index (κ1) is 11.1. The van der Waals surface area contributed by atoms with Crippen molar-refractivity contribution >= 4 is 21.7 Å². The molecule has 0 heterocycles. The van der Waals surface area contributed by atoms with E-state index in [0.29, 0.717) is 0 Å². The zero-order chi connectivity index (χ0) is 10.9. The first-order chi connectivity index (χ1) is 6.43. The van der Waals surface area contributed by atoms with Crippen molar-refractivity contribution in [2.45, 2.75) is 13.3 Å². The van der Waals surface area contributed by atoms with Crippen molar-refractivity contribution in [2.75, 3.05) is 0 Å². The lowest BCUT2D eigenvalue weighted by molar-refractivity contribution is -0.116. The third kappa shape index (κ3) is 2.09. The summed E-state index contributed by atoms with van der Waals surface area (Å²) in [6, 6.07) is 1.19. The van der Waals surface area contributed by atoms with Crippen molar-refractivity contribution in [3.8, 4) is 5.75 Å². The van der Waals surface area contributed by atoms with E-state index < -0.39 is 17.4 Å². The summed E-state index contributed by atoms with van der Waals surface area (Å²) in [7, 11) is 0. The van der Waals surface area contributed by atoms with Crippen LogP contribution in [0.1, 0.15) is 12.5 Å². The largest absolute Gasteiger partial charge is 0.504 e. The second kappa shape index (κ2) is 4.04. The SMILES string of the molecule is CC(=O)Cc1cc(Br)c(O)c(F)c1F. The number of halogens is 3. The monoisotopic (exact) mass is 264 g/mol. The van der Waals surface area contributed by atoms with Crippen LogP contribution < -0.4 is 0 Å². The van der Waals surface area contributed by atoms with Crippen molar-refractivity contribution in [1.29, 1.82) is 0 Å². The zero-order valence-electron chi connectivity index (χ0n) is 7.27. The Morgan fingerprint density at radius 2 is 2.07 bits per heavy atom. The van der Waals surface area contributed by atoms with Crippen LogP contribution in [0.15, 0.2) is 10.5 Å². The van der Waals surface area contributed by atoms with E-state index in [1.54, 1.807) is 0 Å². The molecule has 0 aliphatic heterocycles. The van der Waals surface area contributed by atoms with Crippen LogP contribution >= 0.6 is 15.9 Å². The highest BCUT2D eigenvalue weighted by molar-refractivity contribution is 9.10. The molecular formula is C9H7BrF2O2. The maximum absolute atomic E-state index is 13.1. The fourth-order valence-electron chi connectivity index (χ4n) is 1.03. The van der Waals surface area contributed by atoms with Crippen LogP contribution in [0.25, 0.3) is 0 Å². The summed E-state index contributed by atoms with van der Waals surface area (Å²) in [4.78, 5) is 10.7. The summed E-state index contributed by atoms with van der Waals surface area (Å²) in [5, 5.41) is 9.00. The minimum Gasteiger partial charge on any atom is -0.504 e. The summed E-state index contributed by atoms with van der Waals surface area (Å²) in [6.07, 6.45) is -0.193. The molecule has 1 rings (SSSR count). The van der Waals surface area contributed by atoms with Gasteiger partial charge >= 0.3 is 0 Å². The predicted octanol–water partition coefficient (Wildman–Crippen LogP) is 2.56. The van der Waals surface area contributed by atoms with Crippen LogP contribution in [0.4, 0.5) is 8.78 Å². The quantitative estimate of drug-likeness (QED) is 0.834. The van der Waals surface area contributed by atoms with Gasteiger partial charge in [0, 0.05) is 6.42 Å². The fraction of sp³-hybridized carbons (Fsp3) is 0.222. The molecule has 0 aliphatic rings. The maximum atomic E-state index is 13.1. The van der Waals surface area contributed by atoms with Crippen LogP contribution in [0.2, 0.25) is 0 Å². The van der Waals surface area contributed by atoms with Crippen LogP contribution in [-0.4, -0.2) is 10.9 Å². The van der Waals surface area contributed by atoms with E-state index in [0.717, 1.165) is 0 Å². The summed E-state index contributed by atoms with van der Waals surface area (Å²) < 4.78 is 26.1. The van der Waals surface area contributed by atoms with Crippen LogP contribution in [0.3, 0.4) is 0 Å². The van der Waals surface area contributed by atoms with Crippen molar-refractivity contribution in [3.63, 3.8) is 0 Å². The minimum atomic E-state index is -1.34. The number of hydrogen-bond donors (Lipinski definition) is 1. The molecular weight excluding hydrogens is 258 g/mol. The smallest absolute Gasteiger partial charge is 0.201 e. The summed E-state index contributed by atoms with van der Waals surface area (Å²) in [5.41, 5.74) is -0.0697. The Balaban J connectivity index is 3.25. The second-order valence-corrected chi connectivity index (χ2v) is 3.73. The lowest BCUT2D eigenvalue weighted by Gasteiger charge is -2.05. The van der Waals surface area contributed by atoms with Gasteiger partial charge in [0.15, 0.2) is 11.6 Å². The number of hydrogen-bond acceptors (Lipinski definition) is 2. The Labute approximate surface area is 87.7 Å². The molecule has 0 fully saturated rings. The molecule has 0 saturated carbocycles. The first-order valence-corrected chi connectivity index (χ1v) is 4.57. The second-order valence-electron chi connectivity index (χ2n) is 2.87. The van der Waals surface area contributed by atoms with E-state index in [2.05, 4.69) is 15.9 Å². The molecule has 0 bridgehead atoms. The van der Waals surface area contributed by atoms with E-state index in [4.69, 9.17) is 5.11 Å². The molecule has 2 nitrogen and oxygen atoms in total. The van der Waals surface area contributed by atoms with E-state index in [9.17, 15) is 13.6 Å². The predicted molar refractivity (Wildman–Crippen MR) is 50.1 cm³/mol. The van der Waals surface area contributed by atoms with Gasteiger partial charge in [-0.05, 0) is 34.5 Å². The molecule has 1 N–H and O–H groups in total. The van der Waals surface area contributed by atoms with Crippen molar-refractivity contribution < 1.29 is 18.7 Å². The highest BCUT2D eigenvalue weighted by Crippen LogP contribution is 2.31. The molecule has 0 radical (unpaired) electrons. The van der Waals surface area contributed by atoms with E-state index in [1.807, 2.05) is 0 Å².